The van der Waals surface area contributed by atoms with Gasteiger partial charge in [0.15, 0.2) is 0 Å². The lowest BCUT2D eigenvalue weighted by Gasteiger charge is -2.34. The van der Waals surface area contributed by atoms with Crippen LogP contribution >= 0.6 is 0 Å². The second-order valence-electron chi connectivity index (χ2n) is 4.29. The zero-order chi connectivity index (χ0) is 9.90. The van der Waals surface area contributed by atoms with Gasteiger partial charge in [0.1, 0.15) is 0 Å². The first-order valence-corrected chi connectivity index (χ1v) is 5.46. The van der Waals surface area contributed by atoms with E-state index < -0.39 is 0 Å². The van der Waals surface area contributed by atoms with Crippen LogP contribution in [0.3, 0.4) is 0 Å². The predicted octanol–water partition coefficient (Wildman–Crippen LogP) is 2.35. The molecule has 78 valence electrons. The first-order valence-electron chi connectivity index (χ1n) is 5.46. The lowest BCUT2D eigenvalue weighted by atomic mass is 9.83. The summed E-state index contributed by atoms with van der Waals surface area (Å²) in [6, 6.07) is 0. The molecule has 2 nitrogen and oxygen atoms in total. The molecule has 1 fully saturated rings. The van der Waals surface area contributed by atoms with Gasteiger partial charge in [0, 0.05) is 6.61 Å². The molecule has 0 radical (unpaired) electrons. The molecule has 0 bridgehead atoms. The highest BCUT2D eigenvalue weighted by Gasteiger charge is 2.40. The van der Waals surface area contributed by atoms with Crippen molar-refractivity contribution in [3.8, 4) is 0 Å². The van der Waals surface area contributed by atoms with E-state index in [1.807, 2.05) is 6.92 Å². The molecular formula is C11H22O2. The normalized spacial score (nSPS) is 31.2. The molecule has 0 spiro atoms. The van der Waals surface area contributed by atoms with Crippen LogP contribution in [0.1, 0.15) is 46.5 Å². The van der Waals surface area contributed by atoms with E-state index in [-0.39, 0.29) is 11.7 Å². The third-order valence-corrected chi connectivity index (χ3v) is 3.37. The van der Waals surface area contributed by atoms with E-state index in [0.29, 0.717) is 5.92 Å². The van der Waals surface area contributed by atoms with E-state index in [0.717, 1.165) is 32.3 Å². The first kappa shape index (κ1) is 11.0. The van der Waals surface area contributed by atoms with Crippen LogP contribution in [0, 0.1) is 5.92 Å². The molecule has 1 saturated heterocycles. The van der Waals surface area contributed by atoms with Crippen LogP contribution in [0.5, 0.6) is 0 Å². The maximum absolute atomic E-state index is 10.1. The van der Waals surface area contributed by atoms with Crippen LogP contribution in [-0.2, 0) is 4.74 Å². The quantitative estimate of drug-likeness (QED) is 0.730. The Morgan fingerprint density at radius 1 is 1.38 bits per heavy atom. The maximum Gasteiger partial charge on any atom is 0.0915 e. The third-order valence-electron chi connectivity index (χ3n) is 3.37. The Kier molecular flexibility index (Phi) is 3.74. The lowest BCUT2D eigenvalue weighted by Crippen LogP contribution is -2.43. The molecule has 0 amide bonds. The van der Waals surface area contributed by atoms with Crippen molar-refractivity contribution in [3.05, 3.63) is 0 Å². The van der Waals surface area contributed by atoms with Gasteiger partial charge in [0.2, 0.25) is 0 Å². The van der Waals surface area contributed by atoms with Gasteiger partial charge in [-0.2, -0.15) is 0 Å². The Morgan fingerprint density at radius 2 is 2.00 bits per heavy atom. The maximum atomic E-state index is 10.1. The lowest BCUT2D eigenvalue weighted by molar-refractivity contribution is -0.102. The molecule has 1 rings (SSSR count). The molecular weight excluding hydrogens is 164 g/mol. The van der Waals surface area contributed by atoms with Crippen LogP contribution in [-0.4, -0.2) is 23.4 Å². The summed E-state index contributed by atoms with van der Waals surface area (Å²) in [5, 5.41) is 10.1. The summed E-state index contributed by atoms with van der Waals surface area (Å²) in [7, 11) is 0. The fourth-order valence-corrected chi connectivity index (χ4v) is 2.27. The van der Waals surface area contributed by atoms with E-state index >= 15 is 0 Å². The summed E-state index contributed by atoms with van der Waals surface area (Å²) >= 11 is 0. The molecule has 1 aliphatic rings. The minimum Gasteiger partial charge on any atom is -0.390 e. The molecule has 0 aromatic rings. The number of rotatable bonds is 4. The molecule has 13 heavy (non-hydrogen) atoms. The molecule has 1 aliphatic heterocycles. The fourth-order valence-electron chi connectivity index (χ4n) is 2.27. The largest absolute Gasteiger partial charge is 0.390 e. The summed E-state index contributed by atoms with van der Waals surface area (Å²) in [6.07, 6.45) is 3.89. The van der Waals surface area contributed by atoms with E-state index in [1.165, 1.54) is 0 Å². The molecule has 2 heteroatoms. The molecule has 0 aliphatic carbocycles. The molecule has 2 unspecified atom stereocenters. The molecule has 0 saturated carbocycles. The van der Waals surface area contributed by atoms with Gasteiger partial charge in [0.25, 0.3) is 0 Å². The van der Waals surface area contributed by atoms with Crippen molar-refractivity contribution in [3.63, 3.8) is 0 Å². The highest BCUT2D eigenvalue weighted by molar-refractivity contribution is 4.90. The Labute approximate surface area is 81.3 Å². The first-order chi connectivity index (χ1) is 6.14. The molecule has 0 aromatic carbocycles. The van der Waals surface area contributed by atoms with Crippen molar-refractivity contribution in [1.29, 1.82) is 0 Å². The van der Waals surface area contributed by atoms with Crippen LogP contribution < -0.4 is 0 Å². The summed E-state index contributed by atoms with van der Waals surface area (Å²) in [6.45, 7) is 7.13. The molecule has 0 aromatic heterocycles. The summed E-state index contributed by atoms with van der Waals surface area (Å²) in [5.74, 6) is 0.392. The van der Waals surface area contributed by atoms with Crippen LogP contribution in [0.2, 0.25) is 0 Å². The van der Waals surface area contributed by atoms with E-state index in [4.69, 9.17) is 4.74 Å². The number of aliphatic hydroxyl groups excluding tert-OH is 1. The second-order valence-corrected chi connectivity index (χ2v) is 4.29. The van der Waals surface area contributed by atoms with Gasteiger partial charge in [-0.1, -0.05) is 26.7 Å². The van der Waals surface area contributed by atoms with Crippen molar-refractivity contribution in [2.75, 3.05) is 6.61 Å². The Bertz CT molecular complexity index is 146. The number of hydrogen-bond acceptors (Lipinski definition) is 2. The molecule has 1 heterocycles. The second kappa shape index (κ2) is 4.43. The van der Waals surface area contributed by atoms with Gasteiger partial charge in [-0.3, -0.25) is 0 Å². The van der Waals surface area contributed by atoms with Crippen molar-refractivity contribution in [2.24, 2.45) is 5.92 Å². The minimum absolute atomic E-state index is 0.267. The van der Waals surface area contributed by atoms with Crippen LogP contribution in [0.25, 0.3) is 0 Å². The third kappa shape index (κ3) is 2.23. The Hall–Kier alpha value is -0.0800. The summed E-state index contributed by atoms with van der Waals surface area (Å²) in [5.41, 5.74) is -0.267. The number of aliphatic hydroxyl groups is 1. The van der Waals surface area contributed by atoms with Crippen molar-refractivity contribution < 1.29 is 9.84 Å². The Morgan fingerprint density at radius 3 is 2.38 bits per heavy atom. The van der Waals surface area contributed by atoms with Gasteiger partial charge in [0.05, 0.1) is 11.7 Å². The average Bonchev–Trinajstić information content (AvgIpc) is 2.55. The topological polar surface area (TPSA) is 29.5 Å². The minimum atomic E-state index is -0.287. The van der Waals surface area contributed by atoms with Crippen molar-refractivity contribution in [1.82, 2.24) is 0 Å². The highest BCUT2D eigenvalue weighted by atomic mass is 16.5. The summed E-state index contributed by atoms with van der Waals surface area (Å²) in [4.78, 5) is 0. The zero-order valence-electron chi connectivity index (χ0n) is 9.05. The standard InChI is InChI=1S/C11H22O2/c1-4-9(5-2)10(12)11(3)7-6-8-13-11/h9-10,12H,4-8H2,1-3H3. The average molecular weight is 186 g/mol. The highest BCUT2D eigenvalue weighted by Crippen LogP contribution is 2.33. The monoisotopic (exact) mass is 186 g/mol. The van der Waals surface area contributed by atoms with E-state index in [1.54, 1.807) is 0 Å². The number of ether oxygens (including phenoxy) is 1. The molecule has 1 N–H and O–H groups in total. The van der Waals surface area contributed by atoms with E-state index in [2.05, 4.69) is 13.8 Å². The SMILES string of the molecule is CCC(CC)C(O)C1(C)CCCO1. The van der Waals surface area contributed by atoms with Crippen LogP contribution in [0.4, 0.5) is 0 Å². The predicted molar refractivity (Wildman–Crippen MR) is 53.7 cm³/mol. The Balaban J connectivity index is 2.58. The van der Waals surface area contributed by atoms with Crippen molar-refractivity contribution in [2.45, 2.75) is 58.2 Å². The zero-order valence-corrected chi connectivity index (χ0v) is 9.05. The summed E-state index contributed by atoms with van der Waals surface area (Å²) < 4.78 is 5.64. The smallest absolute Gasteiger partial charge is 0.0915 e. The molecule has 2 atom stereocenters. The van der Waals surface area contributed by atoms with Gasteiger partial charge in [-0.15, -0.1) is 0 Å². The van der Waals surface area contributed by atoms with Crippen molar-refractivity contribution >= 4 is 0 Å². The fraction of sp³-hybridized carbons (Fsp3) is 1.00. The van der Waals surface area contributed by atoms with Gasteiger partial charge >= 0.3 is 0 Å². The van der Waals surface area contributed by atoms with Gasteiger partial charge in [-0.25, -0.2) is 0 Å². The van der Waals surface area contributed by atoms with Gasteiger partial charge < -0.3 is 9.84 Å². The van der Waals surface area contributed by atoms with E-state index in [9.17, 15) is 5.11 Å². The number of hydrogen-bond donors (Lipinski definition) is 1. The van der Waals surface area contributed by atoms with Gasteiger partial charge in [-0.05, 0) is 25.7 Å². The van der Waals surface area contributed by atoms with Crippen LogP contribution in [0.15, 0.2) is 0 Å².